The third-order valence-corrected chi connectivity index (χ3v) is 2.20. The molecule has 1 saturated carbocycles. The fraction of sp³-hybridized carbons (Fsp3) is 0.500. The molecule has 1 atom stereocenters. The first-order valence-corrected chi connectivity index (χ1v) is 4.13. The first-order chi connectivity index (χ1) is 6.18. The Morgan fingerprint density at radius 3 is 2.85 bits per heavy atom. The minimum atomic E-state index is -1.08. The zero-order valence-electron chi connectivity index (χ0n) is 6.92. The average molecular weight is 182 g/mol. The molecular weight excluding hydrogens is 172 g/mol. The summed E-state index contributed by atoms with van der Waals surface area (Å²) in [5, 5.41) is 18.2. The van der Waals surface area contributed by atoms with Gasteiger partial charge in [0.2, 0.25) is 0 Å². The average Bonchev–Trinajstić information content (AvgIpc) is 2.81. The van der Waals surface area contributed by atoms with Crippen LogP contribution in [-0.4, -0.2) is 25.9 Å². The van der Waals surface area contributed by atoms with Gasteiger partial charge in [0.15, 0.2) is 0 Å². The number of carboxylic acid groups (broad SMARTS) is 1. The highest BCUT2D eigenvalue weighted by atomic mass is 16.4. The van der Waals surface area contributed by atoms with E-state index in [1.807, 2.05) is 0 Å². The van der Waals surface area contributed by atoms with Gasteiger partial charge in [-0.05, 0) is 18.8 Å². The molecule has 2 N–H and O–H groups in total. The molecule has 0 aliphatic heterocycles. The predicted octanol–water partition coefficient (Wildman–Crippen LogP) is 0.853. The van der Waals surface area contributed by atoms with Gasteiger partial charge >= 0.3 is 6.09 Å². The zero-order valence-corrected chi connectivity index (χ0v) is 6.92. The van der Waals surface area contributed by atoms with Crippen molar-refractivity contribution in [2.75, 3.05) is 0 Å². The van der Waals surface area contributed by atoms with Crippen LogP contribution in [-0.2, 0) is 0 Å². The van der Waals surface area contributed by atoms with Crippen LogP contribution >= 0.6 is 0 Å². The molecule has 0 amide bonds. The number of aromatic nitrogens is 2. The van der Waals surface area contributed by atoms with Crippen molar-refractivity contribution in [3.8, 4) is 0 Å². The van der Waals surface area contributed by atoms with E-state index in [-0.39, 0.29) is 5.92 Å². The van der Waals surface area contributed by atoms with Gasteiger partial charge in [-0.15, -0.1) is 0 Å². The van der Waals surface area contributed by atoms with Crippen molar-refractivity contribution in [3.63, 3.8) is 0 Å². The van der Waals surface area contributed by atoms with Crippen molar-refractivity contribution >= 4 is 6.09 Å². The van der Waals surface area contributed by atoms with Crippen molar-refractivity contribution in [2.45, 2.75) is 18.9 Å². The monoisotopic (exact) mass is 182 g/mol. The van der Waals surface area contributed by atoms with Gasteiger partial charge in [-0.1, -0.05) is 0 Å². The maximum absolute atomic E-state index is 10.5. The van der Waals surface area contributed by atoms with Crippen LogP contribution in [0.4, 0.5) is 4.79 Å². The minimum absolute atomic E-state index is 0.275. The van der Waals surface area contributed by atoms with Gasteiger partial charge in [-0.2, -0.15) is 0 Å². The van der Waals surface area contributed by atoms with E-state index in [0.717, 1.165) is 17.4 Å². The van der Waals surface area contributed by atoms with Crippen molar-refractivity contribution in [1.82, 2.24) is 9.55 Å². The second-order valence-corrected chi connectivity index (χ2v) is 3.27. The summed E-state index contributed by atoms with van der Waals surface area (Å²) in [4.78, 5) is 14.3. The summed E-state index contributed by atoms with van der Waals surface area (Å²) in [6.07, 6.45) is 2.87. The summed E-state index contributed by atoms with van der Waals surface area (Å²) in [6.45, 7) is 0. The van der Waals surface area contributed by atoms with Crippen LogP contribution < -0.4 is 0 Å². The Hall–Kier alpha value is -1.36. The van der Waals surface area contributed by atoms with Crippen molar-refractivity contribution < 1.29 is 15.0 Å². The molecule has 70 valence electrons. The molecular formula is C8H10N2O3. The molecule has 5 nitrogen and oxygen atoms in total. The fourth-order valence-electron chi connectivity index (χ4n) is 1.25. The van der Waals surface area contributed by atoms with Crippen LogP contribution in [0.3, 0.4) is 0 Å². The molecule has 0 spiro atoms. The Bertz CT molecular complexity index is 330. The number of hydrogen-bond donors (Lipinski definition) is 2. The summed E-state index contributed by atoms with van der Waals surface area (Å²) >= 11 is 0. The molecule has 0 saturated heterocycles. The second kappa shape index (κ2) is 2.85. The molecule has 1 heterocycles. The topological polar surface area (TPSA) is 75.3 Å². The summed E-state index contributed by atoms with van der Waals surface area (Å²) < 4.78 is 0.945. The SMILES string of the molecule is O=C(O)n1cnc(C(O)C2CC2)c1. The Balaban J connectivity index is 2.16. The lowest BCUT2D eigenvalue weighted by atomic mass is 10.2. The van der Waals surface area contributed by atoms with Gasteiger partial charge in [-0.3, -0.25) is 0 Å². The number of nitrogens with zero attached hydrogens (tertiary/aromatic N) is 2. The molecule has 1 unspecified atom stereocenters. The summed E-state index contributed by atoms with van der Waals surface area (Å²) in [5.74, 6) is 0.275. The van der Waals surface area contributed by atoms with Gasteiger partial charge in [0.25, 0.3) is 0 Å². The molecule has 0 aromatic carbocycles. The highest BCUT2D eigenvalue weighted by Crippen LogP contribution is 2.40. The normalized spacial score (nSPS) is 18.5. The van der Waals surface area contributed by atoms with Crippen LogP contribution in [0.25, 0.3) is 0 Å². The minimum Gasteiger partial charge on any atom is -0.464 e. The smallest absolute Gasteiger partial charge is 0.416 e. The molecule has 13 heavy (non-hydrogen) atoms. The van der Waals surface area contributed by atoms with Gasteiger partial charge in [-0.25, -0.2) is 14.3 Å². The summed E-state index contributed by atoms with van der Waals surface area (Å²) in [5.41, 5.74) is 0.449. The number of hydrogen-bond acceptors (Lipinski definition) is 3. The lowest BCUT2D eigenvalue weighted by Crippen LogP contribution is -2.05. The second-order valence-electron chi connectivity index (χ2n) is 3.27. The number of imidazole rings is 1. The van der Waals surface area contributed by atoms with E-state index in [9.17, 15) is 9.90 Å². The highest BCUT2D eigenvalue weighted by molar-refractivity contribution is 5.67. The van der Waals surface area contributed by atoms with Crippen LogP contribution in [0.1, 0.15) is 24.6 Å². The van der Waals surface area contributed by atoms with Crippen molar-refractivity contribution in [1.29, 1.82) is 0 Å². The van der Waals surface area contributed by atoms with Crippen LogP contribution in [0, 0.1) is 5.92 Å². The van der Waals surface area contributed by atoms with Crippen LogP contribution in [0.15, 0.2) is 12.5 Å². The molecule has 2 rings (SSSR count). The third kappa shape index (κ3) is 1.55. The van der Waals surface area contributed by atoms with E-state index in [1.165, 1.54) is 12.5 Å². The zero-order chi connectivity index (χ0) is 9.42. The predicted molar refractivity (Wildman–Crippen MR) is 43.3 cm³/mol. The van der Waals surface area contributed by atoms with Crippen molar-refractivity contribution in [2.24, 2.45) is 5.92 Å². The molecule has 1 aromatic heterocycles. The summed E-state index contributed by atoms with van der Waals surface area (Å²) in [6, 6.07) is 0. The van der Waals surface area contributed by atoms with Gasteiger partial charge in [0.1, 0.15) is 12.4 Å². The van der Waals surface area contributed by atoms with E-state index < -0.39 is 12.2 Å². The number of aliphatic hydroxyl groups is 1. The molecule has 0 bridgehead atoms. The lowest BCUT2D eigenvalue weighted by Gasteiger charge is -2.03. The van der Waals surface area contributed by atoms with E-state index in [2.05, 4.69) is 4.98 Å². The lowest BCUT2D eigenvalue weighted by molar-refractivity contribution is 0.149. The van der Waals surface area contributed by atoms with E-state index >= 15 is 0 Å². The van der Waals surface area contributed by atoms with Gasteiger partial charge in [0.05, 0.1) is 5.69 Å². The largest absolute Gasteiger partial charge is 0.464 e. The Kier molecular flexibility index (Phi) is 1.81. The number of aliphatic hydroxyl groups excluding tert-OH is 1. The third-order valence-electron chi connectivity index (χ3n) is 2.20. The first kappa shape index (κ1) is 8.25. The standard InChI is InChI=1S/C8H10N2O3/c11-7(5-1-2-5)6-3-10(4-9-6)8(12)13/h3-5,7,11H,1-2H2,(H,12,13). The quantitative estimate of drug-likeness (QED) is 0.711. The molecule has 0 radical (unpaired) electrons. The highest BCUT2D eigenvalue weighted by Gasteiger charge is 2.32. The Morgan fingerprint density at radius 2 is 2.38 bits per heavy atom. The van der Waals surface area contributed by atoms with Crippen LogP contribution in [0.2, 0.25) is 0 Å². The Morgan fingerprint density at radius 1 is 1.69 bits per heavy atom. The van der Waals surface area contributed by atoms with Crippen molar-refractivity contribution in [3.05, 3.63) is 18.2 Å². The van der Waals surface area contributed by atoms with Crippen LogP contribution in [0.5, 0.6) is 0 Å². The molecule has 1 fully saturated rings. The Labute approximate surface area is 74.6 Å². The number of carbonyl (C=O) groups is 1. The summed E-state index contributed by atoms with van der Waals surface area (Å²) in [7, 11) is 0. The van der Waals surface area contributed by atoms with Gasteiger partial charge < -0.3 is 10.2 Å². The van der Waals surface area contributed by atoms with E-state index in [4.69, 9.17) is 5.11 Å². The van der Waals surface area contributed by atoms with Gasteiger partial charge in [0, 0.05) is 6.20 Å². The fourth-order valence-corrected chi connectivity index (χ4v) is 1.25. The van der Waals surface area contributed by atoms with E-state index in [1.54, 1.807) is 0 Å². The molecule has 1 aliphatic carbocycles. The molecule has 1 aromatic rings. The number of rotatable bonds is 2. The molecule has 5 heteroatoms. The maximum Gasteiger partial charge on any atom is 0.416 e. The first-order valence-electron chi connectivity index (χ1n) is 4.13. The molecule has 1 aliphatic rings. The maximum atomic E-state index is 10.5. The van der Waals surface area contributed by atoms with E-state index in [0.29, 0.717) is 5.69 Å².